The minimum absolute atomic E-state index is 0.320. The Balaban J connectivity index is 1.89. The average Bonchev–Trinajstić information content (AvgIpc) is 2.72. The van der Waals surface area contributed by atoms with Crippen LogP contribution in [0.25, 0.3) is 0 Å². The largest absolute Gasteiger partial charge is 0.361 e. The quantitative estimate of drug-likeness (QED) is 0.171. The summed E-state index contributed by atoms with van der Waals surface area (Å²) in [5, 5.41) is 16.5. The molecule has 2 aromatic carbocycles. The van der Waals surface area contributed by atoms with Crippen molar-refractivity contribution in [1.29, 1.82) is 0 Å². The van der Waals surface area contributed by atoms with Gasteiger partial charge in [0.25, 0.3) is 0 Å². The minimum Gasteiger partial charge on any atom is -0.361 e. The number of aryl methyl sites for hydroxylation is 1. The Bertz CT molecular complexity index is 792. The molecule has 0 aliphatic carbocycles. The highest BCUT2D eigenvalue weighted by atomic mass is 32.1. The first kappa shape index (κ1) is 21.5. The van der Waals surface area contributed by atoms with Gasteiger partial charge >= 0.3 is 0 Å². The lowest BCUT2D eigenvalue weighted by Crippen LogP contribution is -2.33. The number of carbonyl (C=O) groups excluding carboxylic acids is 1. The fourth-order valence-electron chi connectivity index (χ4n) is 2.59. The molecule has 2 aromatic rings. The molecule has 148 valence electrons. The van der Waals surface area contributed by atoms with Crippen molar-refractivity contribution in [3.8, 4) is 0 Å². The minimum atomic E-state index is -0.357. The van der Waals surface area contributed by atoms with Crippen LogP contribution >= 0.6 is 12.2 Å². The van der Waals surface area contributed by atoms with Crippen LogP contribution in [-0.2, 0) is 4.79 Å². The summed E-state index contributed by atoms with van der Waals surface area (Å²) in [5.74, 6) is -0.357. The average molecular weight is 399 g/mol. The van der Waals surface area contributed by atoms with Crippen molar-refractivity contribution in [3.05, 3.63) is 71.3 Å². The highest BCUT2D eigenvalue weighted by Gasteiger charge is 2.07. The molecule has 0 bridgehead atoms. The van der Waals surface area contributed by atoms with Crippen LogP contribution in [0.5, 0.6) is 0 Å². The summed E-state index contributed by atoms with van der Waals surface area (Å²) in [7, 11) is 0. The molecular formula is C21H26N4O2S. The predicted octanol–water partition coefficient (Wildman–Crippen LogP) is 3.28. The molecule has 0 saturated carbocycles. The second kappa shape index (κ2) is 11.8. The Labute approximate surface area is 171 Å². The van der Waals surface area contributed by atoms with E-state index >= 15 is 0 Å². The fourth-order valence-corrected chi connectivity index (χ4v) is 2.74. The summed E-state index contributed by atoms with van der Waals surface area (Å²) >= 11 is 5.30. The molecule has 2 rings (SSSR count). The van der Waals surface area contributed by atoms with Gasteiger partial charge in [-0.25, -0.2) is 5.48 Å². The number of nitrogens with zero attached hydrogens (tertiary/aromatic N) is 1. The Morgan fingerprint density at radius 2 is 1.68 bits per heavy atom. The van der Waals surface area contributed by atoms with Gasteiger partial charge in [-0.2, -0.15) is 5.10 Å². The van der Waals surface area contributed by atoms with Gasteiger partial charge in [0.2, 0.25) is 5.91 Å². The van der Waals surface area contributed by atoms with Gasteiger partial charge in [-0.3, -0.25) is 15.4 Å². The van der Waals surface area contributed by atoms with Crippen molar-refractivity contribution in [2.24, 2.45) is 5.10 Å². The van der Waals surface area contributed by atoms with E-state index in [-0.39, 0.29) is 5.91 Å². The maximum absolute atomic E-state index is 10.9. The molecule has 0 aliphatic heterocycles. The summed E-state index contributed by atoms with van der Waals surface area (Å²) < 4.78 is 0. The van der Waals surface area contributed by atoms with Gasteiger partial charge < -0.3 is 5.32 Å². The topological polar surface area (TPSA) is 85.8 Å². The number of nitrogens with one attached hydrogen (secondary N) is 3. The number of hydrazone groups is 1. The van der Waals surface area contributed by atoms with Crippen molar-refractivity contribution >= 4 is 28.9 Å². The number of thiocarbonyl (C=S) groups is 1. The van der Waals surface area contributed by atoms with Crippen molar-refractivity contribution in [1.82, 2.24) is 16.2 Å². The van der Waals surface area contributed by atoms with E-state index in [2.05, 4.69) is 34.9 Å². The highest BCUT2D eigenvalue weighted by Crippen LogP contribution is 2.11. The molecule has 0 unspecified atom stereocenters. The van der Waals surface area contributed by atoms with E-state index in [4.69, 9.17) is 17.4 Å². The third-order valence-electron chi connectivity index (χ3n) is 4.13. The molecule has 0 aliphatic rings. The van der Waals surface area contributed by atoms with Crippen molar-refractivity contribution < 1.29 is 10.0 Å². The lowest BCUT2D eigenvalue weighted by molar-refractivity contribution is -0.129. The maximum atomic E-state index is 10.9. The van der Waals surface area contributed by atoms with E-state index in [0.29, 0.717) is 18.1 Å². The number of hydroxylamine groups is 1. The smallest absolute Gasteiger partial charge is 0.243 e. The van der Waals surface area contributed by atoms with Gasteiger partial charge in [0.15, 0.2) is 5.11 Å². The number of hydrogen-bond donors (Lipinski definition) is 4. The van der Waals surface area contributed by atoms with E-state index < -0.39 is 0 Å². The Morgan fingerprint density at radius 1 is 1.00 bits per heavy atom. The fraction of sp³-hybridized carbons (Fsp3) is 0.286. The first-order valence-electron chi connectivity index (χ1n) is 9.27. The van der Waals surface area contributed by atoms with Crippen molar-refractivity contribution in [2.75, 3.05) is 6.54 Å². The normalized spacial score (nSPS) is 11.0. The number of unbranched alkanes of at least 4 members (excludes halogenated alkanes) is 2. The predicted molar refractivity (Wildman–Crippen MR) is 115 cm³/mol. The summed E-state index contributed by atoms with van der Waals surface area (Å²) in [5.41, 5.74) is 8.58. The lowest BCUT2D eigenvalue weighted by Gasteiger charge is -2.11. The first-order chi connectivity index (χ1) is 13.6. The molecule has 7 heteroatoms. The van der Waals surface area contributed by atoms with Gasteiger partial charge in [-0.15, -0.1) is 0 Å². The van der Waals surface area contributed by atoms with Crippen LogP contribution in [0.2, 0.25) is 0 Å². The zero-order valence-corrected chi connectivity index (χ0v) is 16.8. The van der Waals surface area contributed by atoms with Crippen LogP contribution in [0.4, 0.5) is 0 Å². The highest BCUT2D eigenvalue weighted by molar-refractivity contribution is 7.80. The van der Waals surface area contributed by atoms with Crippen LogP contribution in [0, 0.1) is 6.92 Å². The molecule has 0 radical (unpaired) electrons. The Kier molecular flexibility index (Phi) is 9.10. The zero-order chi connectivity index (χ0) is 20.2. The number of benzene rings is 2. The third-order valence-corrected chi connectivity index (χ3v) is 4.37. The number of carbonyl (C=O) groups is 1. The molecule has 4 N–H and O–H groups in total. The molecule has 0 aromatic heterocycles. The van der Waals surface area contributed by atoms with E-state index in [1.165, 1.54) is 5.56 Å². The van der Waals surface area contributed by atoms with Crippen LogP contribution in [0.15, 0.2) is 59.7 Å². The maximum Gasteiger partial charge on any atom is 0.243 e. The second-order valence-corrected chi connectivity index (χ2v) is 6.81. The first-order valence-corrected chi connectivity index (χ1v) is 9.68. The Hall–Kier alpha value is -2.77. The van der Waals surface area contributed by atoms with Gasteiger partial charge in [0, 0.05) is 24.1 Å². The second-order valence-electron chi connectivity index (χ2n) is 6.41. The lowest BCUT2D eigenvalue weighted by atomic mass is 10.0. The van der Waals surface area contributed by atoms with Crippen LogP contribution in [0.1, 0.15) is 42.4 Å². The van der Waals surface area contributed by atoms with E-state index in [1.54, 1.807) is 5.48 Å². The van der Waals surface area contributed by atoms with Gasteiger partial charge in [0.05, 0.1) is 5.71 Å². The summed E-state index contributed by atoms with van der Waals surface area (Å²) in [6.45, 7) is 2.74. The molecule has 0 heterocycles. The van der Waals surface area contributed by atoms with E-state index in [1.807, 2.05) is 42.5 Å². The van der Waals surface area contributed by atoms with Crippen LogP contribution < -0.4 is 16.2 Å². The van der Waals surface area contributed by atoms with Crippen molar-refractivity contribution in [2.45, 2.75) is 32.6 Å². The molecule has 0 fully saturated rings. The molecule has 1 amide bonds. The monoisotopic (exact) mass is 398 g/mol. The van der Waals surface area contributed by atoms with Crippen LogP contribution in [0.3, 0.4) is 0 Å². The molecule has 0 spiro atoms. The zero-order valence-electron chi connectivity index (χ0n) is 15.9. The molecule has 0 saturated heterocycles. The SMILES string of the molecule is Cc1ccc(/C(=N/NC(=S)NCCCCCC(=O)NO)c2ccccc2)cc1. The molecular weight excluding hydrogens is 372 g/mol. The Morgan fingerprint density at radius 3 is 2.36 bits per heavy atom. The summed E-state index contributed by atoms with van der Waals surface area (Å²) in [6.07, 6.45) is 2.77. The van der Waals surface area contributed by atoms with Gasteiger partial charge in [-0.05, 0) is 32.0 Å². The summed E-state index contributed by atoms with van der Waals surface area (Å²) in [6, 6.07) is 18.2. The third kappa shape index (κ3) is 7.46. The number of hydrogen-bond acceptors (Lipinski definition) is 4. The molecule has 6 nitrogen and oxygen atoms in total. The summed E-state index contributed by atoms with van der Waals surface area (Å²) in [4.78, 5) is 10.9. The van der Waals surface area contributed by atoms with Gasteiger partial charge in [0.1, 0.15) is 0 Å². The van der Waals surface area contributed by atoms with Crippen molar-refractivity contribution in [3.63, 3.8) is 0 Å². The van der Waals surface area contributed by atoms with E-state index in [9.17, 15) is 4.79 Å². The standard InChI is InChI=1S/C21H26N4O2S/c1-16-11-13-18(14-12-16)20(17-8-4-2-5-9-17)23-24-21(28)22-15-7-3-6-10-19(26)25-27/h2,4-5,8-9,11-14,27H,3,6-7,10,15H2,1H3,(H,25,26)(H2,22,24,28)/b23-20+. The van der Waals surface area contributed by atoms with Crippen LogP contribution in [-0.4, -0.2) is 28.5 Å². The number of rotatable bonds is 9. The van der Waals surface area contributed by atoms with Gasteiger partial charge in [-0.1, -0.05) is 66.6 Å². The van der Waals surface area contributed by atoms with E-state index in [0.717, 1.165) is 36.1 Å². The molecule has 28 heavy (non-hydrogen) atoms. The molecule has 0 atom stereocenters. The number of amides is 1.